The van der Waals surface area contributed by atoms with E-state index in [-0.39, 0.29) is 4.90 Å². The lowest BCUT2D eigenvalue weighted by atomic mass is 10.2. The van der Waals surface area contributed by atoms with E-state index in [0.717, 1.165) is 0 Å². The van der Waals surface area contributed by atoms with Gasteiger partial charge in [0, 0.05) is 20.1 Å². The Morgan fingerprint density at radius 2 is 1.94 bits per heavy atom. The molecule has 5 nitrogen and oxygen atoms in total. The van der Waals surface area contributed by atoms with Gasteiger partial charge in [0.15, 0.2) is 0 Å². The molecule has 1 aromatic rings. The zero-order chi connectivity index (χ0) is 12.5. The monoisotopic (exact) mass is 256 g/mol. The summed E-state index contributed by atoms with van der Waals surface area (Å²) in [6.07, 6.45) is -0.654. The van der Waals surface area contributed by atoms with Gasteiger partial charge in [-0.2, -0.15) is 4.31 Å². The fourth-order valence-electron chi connectivity index (χ4n) is 1.96. The predicted octanol–water partition coefficient (Wildman–Crippen LogP) is -0.360. The summed E-state index contributed by atoms with van der Waals surface area (Å²) in [5.74, 6) is 0. The number of hydrogen-bond acceptors (Lipinski definition) is 4. The Morgan fingerprint density at radius 1 is 1.29 bits per heavy atom. The molecule has 1 heterocycles. The van der Waals surface area contributed by atoms with Crippen LogP contribution in [-0.4, -0.2) is 50.1 Å². The minimum atomic E-state index is -3.52. The molecule has 94 valence electrons. The van der Waals surface area contributed by atoms with E-state index in [2.05, 4.69) is 5.32 Å². The van der Waals surface area contributed by atoms with Crippen molar-refractivity contribution in [3.63, 3.8) is 0 Å². The summed E-state index contributed by atoms with van der Waals surface area (Å²) in [5, 5.41) is 12.7. The fourth-order valence-corrected chi connectivity index (χ4v) is 3.36. The Hall–Kier alpha value is -0.950. The molecule has 0 unspecified atom stereocenters. The van der Waals surface area contributed by atoms with Gasteiger partial charge in [0.1, 0.15) is 0 Å². The number of rotatable bonds is 3. The highest BCUT2D eigenvalue weighted by atomic mass is 32.2. The molecule has 1 aliphatic heterocycles. The molecule has 2 N–H and O–H groups in total. The van der Waals surface area contributed by atoms with Crippen molar-refractivity contribution in [1.29, 1.82) is 0 Å². The van der Waals surface area contributed by atoms with Gasteiger partial charge in [-0.25, -0.2) is 8.42 Å². The topological polar surface area (TPSA) is 69.6 Å². The maximum absolute atomic E-state index is 12.3. The number of hydrogen-bond donors (Lipinski definition) is 2. The van der Waals surface area contributed by atoms with Gasteiger partial charge in [0.05, 0.1) is 17.0 Å². The third kappa shape index (κ3) is 2.35. The van der Waals surface area contributed by atoms with Crippen molar-refractivity contribution < 1.29 is 13.5 Å². The summed E-state index contributed by atoms with van der Waals surface area (Å²) in [6.45, 7) is 0.906. The molecule has 1 aromatic carbocycles. The van der Waals surface area contributed by atoms with Gasteiger partial charge in [-0.3, -0.25) is 0 Å². The van der Waals surface area contributed by atoms with E-state index in [9.17, 15) is 13.5 Å². The third-order valence-corrected chi connectivity index (χ3v) is 4.94. The highest BCUT2D eigenvalue weighted by Crippen LogP contribution is 2.19. The standard InChI is InChI=1S/C11H16N2O3S/c1-13(10-7-12-8-11(10)14)17(15,16)9-5-3-2-4-6-9/h2-6,10-12,14H,7-8H2,1H3/t10-,11-/m1/s1. The Bertz CT molecular complexity index is 475. The maximum Gasteiger partial charge on any atom is 0.243 e. The summed E-state index contributed by atoms with van der Waals surface area (Å²) in [6, 6.07) is 7.85. The predicted molar refractivity (Wildman–Crippen MR) is 64.1 cm³/mol. The van der Waals surface area contributed by atoms with Crippen LogP contribution < -0.4 is 5.32 Å². The molecule has 0 aliphatic carbocycles. The van der Waals surface area contributed by atoms with Crippen LogP contribution >= 0.6 is 0 Å². The number of nitrogens with zero attached hydrogens (tertiary/aromatic N) is 1. The van der Waals surface area contributed by atoms with Crippen molar-refractivity contribution in [3.05, 3.63) is 30.3 Å². The van der Waals surface area contributed by atoms with Crippen molar-refractivity contribution in [2.75, 3.05) is 20.1 Å². The summed E-state index contributed by atoms with van der Waals surface area (Å²) in [5.41, 5.74) is 0. The van der Waals surface area contributed by atoms with Gasteiger partial charge in [-0.1, -0.05) is 18.2 Å². The lowest BCUT2D eigenvalue weighted by Gasteiger charge is -2.25. The number of nitrogens with one attached hydrogen (secondary N) is 1. The van der Waals surface area contributed by atoms with Crippen LogP contribution in [0.5, 0.6) is 0 Å². The molecule has 0 bridgehead atoms. The largest absolute Gasteiger partial charge is 0.390 e. The van der Waals surface area contributed by atoms with Crippen LogP contribution in [0.15, 0.2) is 35.2 Å². The second-order valence-corrected chi connectivity index (χ2v) is 6.12. The average molecular weight is 256 g/mol. The molecule has 2 rings (SSSR count). The molecular weight excluding hydrogens is 240 g/mol. The Morgan fingerprint density at radius 3 is 2.47 bits per heavy atom. The lowest BCUT2D eigenvalue weighted by Crippen LogP contribution is -2.44. The molecule has 0 saturated carbocycles. The van der Waals surface area contributed by atoms with Crippen molar-refractivity contribution in [1.82, 2.24) is 9.62 Å². The van der Waals surface area contributed by atoms with Gasteiger partial charge in [-0.15, -0.1) is 0 Å². The van der Waals surface area contributed by atoms with Crippen LogP contribution in [0.1, 0.15) is 0 Å². The number of sulfonamides is 1. The molecule has 0 radical (unpaired) electrons. The summed E-state index contributed by atoms with van der Waals surface area (Å²) >= 11 is 0. The van der Waals surface area contributed by atoms with E-state index in [1.54, 1.807) is 30.3 Å². The smallest absolute Gasteiger partial charge is 0.243 e. The van der Waals surface area contributed by atoms with Crippen LogP contribution in [-0.2, 0) is 10.0 Å². The van der Waals surface area contributed by atoms with Crippen molar-refractivity contribution in [3.8, 4) is 0 Å². The quantitative estimate of drug-likeness (QED) is 0.775. The molecule has 1 fully saturated rings. The first-order valence-electron chi connectivity index (χ1n) is 5.45. The maximum atomic E-state index is 12.3. The molecule has 0 aromatic heterocycles. The van der Waals surface area contributed by atoms with E-state index in [1.807, 2.05) is 0 Å². The van der Waals surface area contributed by atoms with Crippen molar-refractivity contribution >= 4 is 10.0 Å². The van der Waals surface area contributed by atoms with Crippen LogP contribution in [0, 0.1) is 0 Å². The first-order chi connectivity index (χ1) is 8.03. The molecular formula is C11H16N2O3S. The zero-order valence-corrected chi connectivity index (χ0v) is 10.4. The SMILES string of the molecule is CN([C@@H]1CNC[C@H]1O)S(=O)(=O)c1ccccc1. The van der Waals surface area contributed by atoms with E-state index in [1.165, 1.54) is 11.4 Å². The van der Waals surface area contributed by atoms with Crippen LogP contribution in [0.4, 0.5) is 0 Å². The minimum Gasteiger partial charge on any atom is -0.390 e. The second-order valence-electron chi connectivity index (χ2n) is 4.13. The zero-order valence-electron chi connectivity index (χ0n) is 9.57. The molecule has 1 saturated heterocycles. The molecule has 2 atom stereocenters. The van der Waals surface area contributed by atoms with Crippen LogP contribution in [0.3, 0.4) is 0 Å². The summed E-state index contributed by atoms with van der Waals surface area (Å²) in [4.78, 5) is 0.251. The Kier molecular flexibility index (Phi) is 3.48. The molecule has 1 aliphatic rings. The van der Waals surface area contributed by atoms with E-state index < -0.39 is 22.2 Å². The highest BCUT2D eigenvalue weighted by Gasteiger charge is 2.35. The number of benzene rings is 1. The van der Waals surface area contributed by atoms with E-state index in [0.29, 0.717) is 13.1 Å². The van der Waals surface area contributed by atoms with Crippen molar-refractivity contribution in [2.24, 2.45) is 0 Å². The Balaban J connectivity index is 2.27. The van der Waals surface area contributed by atoms with Gasteiger partial charge in [0.25, 0.3) is 0 Å². The number of likely N-dealkylation sites (N-methyl/N-ethyl adjacent to an activating group) is 1. The number of β-amino-alcohol motifs (C(OH)–C–C–N with tert-alkyl or cyclic N) is 1. The molecule has 0 spiro atoms. The average Bonchev–Trinajstić information content (AvgIpc) is 2.75. The van der Waals surface area contributed by atoms with E-state index >= 15 is 0 Å². The first kappa shape index (κ1) is 12.5. The van der Waals surface area contributed by atoms with Crippen LogP contribution in [0.2, 0.25) is 0 Å². The fraction of sp³-hybridized carbons (Fsp3) is 0.455. The summed E-state index contributed by atoms with van der Waals surface area (Å²) in [7, 11) is -2.02. The Labute approximate surface area is 101 Å². The second kappa shape index (κ2) is 4.73. The van der Waals surface area contributed by atoms with Gasteiger partial charge in [0.2, 0.25) is 10.0 Å². The molecule has 0 amide bonds. The summed E-state index contributed by atoms with van der Waals surface area (Å²) < 4.78 is 25.7. The minimum absolute atomic E-state index is 0.251. The van der Waals surface area contributed by atoms with Gasteiger partial charge < -0.3 is 10.4 Å². The molecule has 6 heteroatoms. The first-order valence-corrected chi connectivity index (χ1v) is 6.89. The normalized spacial score (nSPS) is 25.4. The molecule has 17 heavy (non-hydrogen) atoms. The van der Waals surface area contributed by atoms with Crippen molar-refractivity contribution in [2.45, 2.75) is 17.0 Å². The number of aliphatic hydroxyl groups excluding tert-OH is 1. The lowest BCUT2D eigenvalue weighted by molar-refractivity contribution is 0.136. The van der Waals surface area contributed by atoms with Gasteiger partial charge >= 0.3 is 0 Å². The highest BCUT2D eigenvalue weighted by molar-refractivity contribution is 7.89. The van der Waals surface area contributed by atoms with Gasteiger partial charge in [-0.05, 0) is 12.1 Å². The number of aliphatic hydroxyl groups is 1. The third-order valence-electron chi connectivity index (χ3n) is 3.04. The van der Waals surface area contributed by atoms with E-state index in [4.69, 9.17) is 0 Å². The van der Waals surface area contributed by atoms with Crippen LogP contribution in [0.25, 0.3) is 0 Å².